The lowest BCUT2D eigenvalue weighted by Gasteiger charge is -2.09. The van der Waals surface area contributed by atoms with E-state index in [-0.39, 0.29) is 33.4 Å². The number of hydrogen-bond donors (Lipinski definition) is 0. The van der Waals surface area contributed by atoms with Crippen molar-refractivity contribution >= 4 is 128 Å². The second kappa shape index (κ2) is 47.1. The van der Waals surface area contributed by atoms with Crippen LogP contribution in [0.15, 0.2) is 176 Å². The average Bonchev–Trinajstić information content (AvgIpc) is 0.937. The van der Waals surface area contributed by atoms with E-state index in [1.807, 2.05) is 133 Å². The van der Waals surface area contributed by atoms with Crippen LogP contribution in [0, 0.1) is 29.1 Å². The Hall–Kier alpha value is -4.18. The highest BCUT2D eigenvalue weighted by Gasteiger charge is 2.11. The van der Waals surface area contributed by atoms with Crippen LogP contribution in [0.1, 0.15) is 228 Å². The fourth-order valence-corrected chi connectivity index (χ4v) is 10.7. The summed E-state index contributed by atoms with van der Waals surface area (Å²) in [6.07, 6.45) is 0. The minimum atomic E-state index is -0.783. The van der Waals surface area contributed by atoms with Crippen molar-refractivity contribution in [3.05, 3.63) is 310 Å². The molecule has 9 rings (SSSR count). The molecule has 9 aromatic rings. The fraction of sp³-hybridized carbons (Fsp3) is 0.333. The Morgan fingerprint density at radius 1 is 0.206 bits per heavy atom. The van der Waals surface area contributed by atoms with Gasteiger partial charge in [0.1, 0.15) is 17.5 Å². The predicted molar refractivity (Wildman–Crippen MR) is 420 cm³/mol. The molecule has 9 aromatic carbocycles. The van der Waals surface area contributed by atoms with E-state index >= 15 is 0 Å². The lowest BCUT2D eigenvalue weighted by Crippen LogP contribution is -1.90. The molecule has 0 aliphatic heterocycles. The van der Waals surface area contributed by atoms with Crippen molar-refractivity contribution in [2.75, 3.05) is 0 Å². The summed E-state index contributed by atoms with van der Waals surface area (Å²) < 4.78 is 62.7. The van der Waals surface area contributed by atoms with E-state index in [1.165, 1.54) is 52.6 Å². The second-order valence-corrected chi connectivity index (χ2v) is 29.8. The maximum atomic E-state index is 12.8. The van der Waals surface area contributed by atoms with Gasteiger partial charge in [0.15, 0.2) is 11.6 Å². The van der Waals surface area contributed by atoms with E-state index in [1.54, 1.807) is 36.4 Å². The van der Waals surface area contributed by atoms with Crippen LogP contribution in [0.4, 0.5) is 22.0 Å². The SMILES string of the molecule is CC(C)c1c(Cl)cccc1Cl.CC(C)c1cc(Cl)cc(Cl)c1.CC(C)c1cc(Cl)ccc1Cl.CC(C)c1ccc(Cl)c(Cl)c1.CC(C)c1ccc(Cl)c(F)c1.CC(C)c1ccc(Cl)cc1.CC(C)c1ccc(F)c(Cl)c1.CC(C)c1ccc(F)c(F)c1.CC(C)c1ccc(F)cc1. The van der Waals surface area contributed by atoms with Crippen molar-refractivity contribution in [3.8, 4) is 0 Å². The van der Waals surface area contributed by atoms with Crippen LogP contribution >= 0.6 is 128 Å². The van der Waals surface area contributed by atoms with Crippen molar-refractivity contribution in [2.45, 2.75) is 178 Å². The van der Waals surface area contributed by atoms with Gasteiger partial charge in [-0.1, -0.05) is 307 Å². The Balaban J connectivity index is 0.000000546. The van der Waals surface area contributed by atoms with Gasteiger partial charge < -0.3 is 0 Å². The molecule has 0 saturated heterocycles. The van der Waals surface area contributed by atoms with E-state index in [4.69, 9.17) is 128 Å². The minimum absolute atomic E-state index is 0.163. The van der Waals surface area contributed by atoms with Gasteiger partial charge in [-0.15, -0.1) is 0 Å². The van der Waals surface area contributed by atoms with Crippen LogP contribution in [-0.2, 0) is 0 Å². The number of rotatable bonds is 9. The van der Waals surface area contributed by atoms with Crippen molar-refractivity contribution < 1.29 is 22.0 Å². The number of benzene rings is 9. The molecule has 0 aliphatic carbocycles. The van der Waals surface area contributed by atoms with Crippen LogP contribution in [0.2, 0.25) is 55.2 Å². The van der Waals surface area contributed by atoms with Crippen LogP contribution in [0.25, 0.3) is 0 Å². The molecule has 0 amide bonds. The molecule has 0 saturated carbocycles. The van der Waals surface area contributed by atoms with Gasteiger partial charge >= 0.3 is 0 Å². The quantitative estimate of drug-likeness (QED) is 0.126. The molecule has 0 heterocycles. The summed E-state index contributed by atoms with van der Waals surface area (Å²) in [4.78, 5) is 0. The van der Waals surface area contributed by atoms with Gasteiger partial charge in [-0.25, -0.2) is 22.0 Å². The number of hydrogen-bond acceptors (Lipinski definition) is 0. The summed E-state index contributed by atoms with van der Waals surface area (Å²) >= 11 is 63.6. The van der Waals surface area contributed by atoms with E-state index in [0.29, 0.717) is 67.4 Å². The molecule has 0 unspecified atom stereocenters. The predicted octanol–water partition coefficient (Wildman–Crippen LogP) is 33.2. The van der Waals surface area contributed by atoms with Gasteiger partial charge in [0.25, 0.3) is 0 Å². The molecule has 528 valence electrons. The monoisotopic (exact) mass is 1540 g/mol. The normalized spacial score (nSPS) is 10.6. The van der Waals surface area contributed by atoms with Crippen molar-refractivity contribution in [1.82, 2.24) is 0 Å². The third kappa shape index (κ3) is 36.3. The molecule has 16 heteroatoms. The fourth-order valence-electron chi connectivity index (χ4n) is 8.11. The Morgan fingerprint density at radius 2 is 0.557 bits per heavy atom. The molecular formula is C81H92Cl11F5. The average molecular weight is 1550 g/mol. The minimum Gasteiger partial charge on any atom is -0.207 e. The molecule has 0 aromatic heterocycles. The van der Waals surface area contributed by atoms with Crippen LogP contribution < -0.4 is 0 Å². The van der Waals surface area contributed by atoms with Gasteiger partial charge in [0.05, 0.1) is 20.1 Å². The van der Waals surface area contributed by atoms with E-state index in [2.05, 4.69) is 95.2 Å². The molecule has 0 bridgehead atoms. The van der Waals surface area contributed by atoms with Gasteiger partial charge in [0, 0.05) is 35.2 Å². The Kier molecular flexibility index (Phi) is 44.1. The summed E-state index contributed by atoms with van der Waals surface area (Å²) in [6.45, 7) is 37.3. The van der Waals surface area contributed by atoms with Gasteiger partial charge in [-0.2, -0.15) is 0 Å². The molecule has 97 heavy (non-hydrogen) atoms. The van der Waals surface area contributed by atoms with Gasteiger partial charge in [0.2, 0.25) is 0 Å². The first-order valence-corrected chi connectivity index (χ1v) is 36.0. The third-order valence-corrected chi connectivity index (χ3v) is 17.5. The van der Waals surface area contributed by atoms with E-state index in [9.17, 15) is 22.0 Å². The second-order valence-electron chi connectivity index (χ2n) is 25.2. The Morgan fingerprint density at radius 3 is 0.918 bits per heavy atom. The zero-order chi connectivity index (χ0) is 74.1. The van der Waals surface area contributed by atoms with Gasteiger partial charge in [-0.05, 0) is 225 Å². The molecule has 0 aliphatic rings. The highest BCUT2D eigenvalue weighted by Crippen LogP contribution is 2.32. The summed E-state index contributed by atoms with van der Waals surface area (Å²) in [5.74, 6) is 1.47. The topological polar surface area (TPSA) is 0 Å². The highest BCUT2D eigenvalue weighted by molar-refractivity contribution is 6.42. The summed E-state index contributed by atoms with van der Waals surface area (Å²) in [5, 5.41) is 6.94. The summed E-state index contributed by atoms with van der Waals surface area (Å²) in [6, 6.07) is 50.8. The Labute approximate surface area is 632 Å². The lowest BCUT2D eigenvalue weighted by molar-refractivity contribution is 0.506. The molecule has 0 N–H and O–H groups in total. The molecule has 0 nitrogen and oxygen atoms in total. The first-order valence-electron chi connectivity index (χ1n) is 31.8. The third-order valence-electron chi connectivity index (χ3n) is 14.2. The van der Waals surface area contributed by atoms with Gasteiger partial charge in [-0.3, -0.25) is 0 Å². The number of halogens is 16. The molecule has 0 spiro atoms. The van der Waals surface area contributed by atoms with Crippen molar-refractivity contribution in [1.29, 1.82) is 0 Å². The van der Waals surface area contributed by atoms with Crippen LogP contribution in [-0.4, -0.2) is 0 Å². The van der Waals surface area contributed by atoms with Crippen molar-refractivity contribution in [2.24, 2.45) is 0 Å². The Bertz CT molecular complexity index is 3420. The molecule has 0 radical (unpaired) electrons. The molecule has 0 fully saturated rings. The largest absolute Gasteiger partial charge is 0.207 e. The zero-order valence-electron chi connectivity index (χ0n) is 58.5. The first-order chi connectivity index (χ1) is 45.2. The lowest BCUT2D eigenvalue weighted by atomic mass is 10.0. The smallest absolute Gasteiger partial charge is 0.159 e. The molecular weight excluding hydrogens is 1460 g/mol. The van der Waals surface area contributed by atoms with Crippen LogP contribution in [0.3, 0.4) is 0 Å². The highest BCUT2D eigenvalue weighted by atomic mass is 35.5. The standard InChI is InChI=1S/4C9H10Cl2.2C9H10ClF.C9H11Cl.C9H10F2.C9H11F/c1-6(2)7-3-8(10)5-9(11)4-7;1-6(2)8-5-7(10)3-4-9(8)11;1-6(2)7-3-4-8(10)9(11)5-7;1-6(2)9-7(10)4-3-5-8(9)11;1-6(2)7-3-4-9(11)8(10)5-7;1-6(2)7-3-4-8(10)9(11)5-7;1-7(2)8-3-5-9(10)6-4-8;1-6(2)7-3-4-8(10)9(11)5-7;1-7(2)8-3-5-9(10)6-4-8/h6*3-6H,1-2H3;3-7H,1-2H3;3-6H,1-2H3;3-7H,1-2H3. The summed E-state index contributed by atoms with van der Waals surface area (Å²) in [5.41, 5.74) is 9.94. The molecule has 0 atom stereocenters. The van der Waals surface area contributed by atoms with E-state index < -0.39 is 11.6 Å². The maximum absolute atomic E-state index is 12.8. The van der Waals surface area contributed by atoms with Crippen molar-refractivity contribution in [3.63, 3.8) is 0 Å². The van der Waals surface area contributed by atoms with E-state index in [0.717, 1.165) is 59.0 Å². The zero-order valence-corrected chi connectivity index (χ0v) is 66.8. The first kappa shape index (κ1) is 90.8. The van der Waals surface area contributed by atoms with Crippen LogP contribution in [0.5, 0.6) is 0 Å². The maximum Gasteiger partial charge on any atom is 0.159 e. The summed E-state index contributed by atoms with van der Waals surface area (Å²) in [7, 11) is 0.